The molecule has 1 aliphatic heterocycles. The quantitative estimate of drug-likeness (QED) is 0.692. The molecule has 0 atom stereocenters. The fourth-order valence-corrected chi connectivity index (χ4v) is 2.30. The Hall–Kier alpha value is -1.28. The third-order valence-corrected chi connectivity index (χ3v) is 3.49. The summed E-state index contributed by atoms with van der Waals surface area (Å²) >= 11 is 1.31. The van der Waals surface area contributed by atoms with Crippen molar-refractivity contribution >= 4 is 23.6 Å². The smallest absolute Gasteiger partial charge is 0.233 e. The number of aromatic nitrogens is 3. The maximum atomic E-state index is 11.9. The van der Waals surface area contributed by atoms with E-state index in [9.17, 15) is 4.79 Å². The molecule has 2 heterocycles. The molecule has 1 aliphatic rings. The second-order valence-corrected chi connectivity index (χ2v) is 4.92. The Morgan fingerprint density at radius 3 is 2.76 bits per heavy atom. The highest BCUT2D eigenvalue weighted by Crippen LogP contribution is 2.14. The first kappa shape index (κ1) is 12.2. The molecular formula is C9H16N6OS. The van der Waals surface area contributed by atoms with Crippen LogP contribution in [0.1, 0.15) is 0 Å². The number of likely N-dealkylation sites (N-methyl/N-ethyl adjacent to an activating group) is 1. The van der Waals surface area contributed by atoms with Gasteiger partial charge in [0.1, 0.15) is 0 Å². The summed E-state index contributed by atoms with van der Waals surface area (Å²) in [5, 5.41) is 6.93. The van der Waals surface area contributed by atoms with E-state index in [0.29, 0.717) is 10.9 Å². The molecule has 0 radical (unpaired) electrons. The van der Waals surface area contributed by atoms with Crippen molar-refractivity contribution in [1.82, 2.24) is 25.0 Å². The number of carbonyl (C=O) groups excluding carboxylic acids is 1. The van der Waals surface area contributed by atoms with Crippen LogP contribution in [0.3, 0.4) is 0 Å². The maximum Gasteiger partial charge on any atom is 0.233 e. The first-order valence-corrected chi connectivity index (χ1v) is 6.40. The lowest BCUT2D eigenvalue weighted by Crippen LogP contribution is -2.47. The third kappa shape index (κ3) is 3.34. The summed E-state index contributed by atoms with van der Waals surface area (Å²) in [7, 11) is 2.06. The number of nitrogen functional groups attached to an aromatic ring is 1. The molecule has 1 aromatic heterocycles. The van der Waals surface area contributed by atoms with Crippen LogP contribution in [0.25, 0.3) is 0 Å². The summed E-state index contributed by atoms with van der Waals surface area (Å²) in [4.78, 5) is 19.9. The molecule has 1 fully saturated rings. The number of nitrogens with zero attached hydrogens (tertiary/aromatic N) is 4. The number of carbonyl (C=O) groups is 1. The van der Waals surface area contributed by atoms with Crippen molar-refractivity contribution in [3.63, 3.8) is 0 Å². The molecule has 2 rings (SSSR count). The van der Waals surface area contributed by atoms with Crippen molar-refractivity contribution in [1.29, 1.82) is 0 Å². The molecule has 94 valence electrons. The summed E-state index contributed by atoms with van der Waals surface area (Å²) in [5.41, 5.74) is 5.40. The van der Waals surface area contributed by atoms with E-state index in [4.69, 9.17) is 5.73 Å². The number of anilines is 1. The number of amides is 1. The van der Waals surface area contributed by atoms with Gasteiger partial charge in [-0.2, -0.15) is 4.98 Å². The number of nitrogens with one attached hydrogen (secondary N) is 1. The molecule has 8 heteroatoms. The highest BCUT2D eigenvalue weighted by Gasteiger charge is 2.19. The van der Waals surface area contributed by atoms with E-state index in [1.807, 2.05) is 4.90 Å². The van der Waals surface area contributed by atoms with Gasteiger partial charge in [-0.3, -0.25) is 4.79 Å². The lowest BCUT2D eigenvalue weighted by atomic mass is 10.3. The van der Waals surface area contributed by atoms with Crippen molar-refractivity contribution in [3.05, 3.63) is 0 Å². The average molecular weight is 256 g/mol. The zero-order valence-electron chi connectivity index (χ0n) is 9.72. The zero-order chi connectivity index (χ0) is 12.3. The molecular weight excluding hydrogens is 240 g/mol. The van der Waals surface area contributed by atoms with Gasteiger partial charge in [0.2, 0.25) is 17.0 Å². The van der Waals surface area contributed by atoms with E-state index in [-0.39, 0.29) is 11.9 Å². The Kier molecular flexibility index (Phi) is 3.85. The summed E-state index contributed by atoms with van der Waals surface area (Å²) in [6, 6.07) is 0. The zero-order valence-corrected chi connectivity index (χ0v) is 10.5. The van der Waals surface area contributed by atoms with Crippen LogP contribution in [0.15, 0.2) is 5.16 Å². The van der Waals surface area contributed by atoms with Crippen LogP contribution in [-0.2, 0) is 4.79 Å². The molecule has 0 aromatic carbocycles. The van der Waals surface area contributed by atoms with Gasteiger partial charge < -0.3 is 15.5 Å². The fraction of sp³-hybridized carbons (Fsp3) is 0.667. The fourth-order valence-electron chi connectivity index (χ4n) is 1.60. The van der Waals surface area contributed by atoms with E-state index in [1.165, 1.54) is 11.8 Å². The third-order valence-electron chi connectivity index (χ3n) is 2.66. The Morgan fingerprint density at radius 2 is 2.18 bits per heavy atom. The van der Waals surface area contributed by atoms with E-state index in [0.717, 1.165) is 26.2 Å². The lowest BCUT2D eigenvalue weighted by Gasteiger charge is -2.32. The number of hydrogen-bond acceptors (Lipinski definition) is 6. The molecule has 1 aromatic rings. The van der Waals surface area contributed by atoms with Crippen LogP contribution < -0.4 is 5.73 Å². The topological polar surface area (TPSA) is 91.1 Å². The number of thioether (sulfide) groups is 1. The normalized spacial score (nSPS) is 17.4. The van der Waals surface area contributed by atoms with Gasteiger partial charge >= 0.3 is 0 Å². The van der Waals surface area contributed by atoms with Crippen LogP contribution >= 0.6 is 11.8 Å². The Bertz CT molecular complexity index is 387. The van der Waals surface area contributed by atoms with Gasteiger partial charge in [-0.05, 0) is 7.05 Å². The number of hydrogen-bond donors (Lipinski definition) is 2. The number of nitrogens with two attached hydrogens (primary N) is 1. The van der Waals surface area contributed by atoms with E-state index < -0.39 is 0 Å². The monoisotopic (exact) mass is 256 g/mol. The largest absolute Gasteiger partial charge is 0.368 e. The Labute approximate surface area is 104 Å². The molecule has 0 saturated carbocycles. The first-order chi connectivity index (χ1) is 8.15. The van der Waals surface area contributed by atoms with Gasteiger partial charge in [0.15, 0.2) is 0 Å². The number of aromatic amines is 1. The second kappa shape index (κ2) is 5.37. The van der Waals surface area contributed by atoms with Crippen molar-refractivity contribution in [2.75, 3.05) is 44.7 Å². The number of H-pyrrole nitrogens is 1. The van der Waals surface area contributed by atoms with Gasteiger partial charge in [-0.1, -0.05) is 11.8 Å². The summed E-state index contributed by atoms with van der Waals surface area (Å²) in [6.07, 6.45) is 0. The molecule has 0 spiro atoms. The van der Waals surface area contributed by atoms with Crippen LogP contribution in [0, 0.1) is 0 Å². The average Bonchev–Trinajstić information content (AvgIpc) is 2.73. The molecule has 17 heavy (non-hydrogen) atoms. The van der Waals surface area contributed by atoms with Gasteiger partial charge in [0.25, 0.3) is 0 Å². The summed E-state index contributed by atoms with van der Waals surface area (Å²) in [6.45, 7) is 3.46. The Balaban J connectivity index is 1.77. The van der Waals surface area contributed by atoms with Crippen LogP contribution in [-0.4, -0.2) is 69.9 Å². The summed E-state index contributed by atoms with van der Waals surface area (Å²) in [5.74, 6) is 0.770. The highest BCUT2D eigenvalue weighted by atomic mass is 32.2. The van der Waals surface area contributed by atoms with Gasteiger partial charge in [0, 0.05) is 26.2 Å². The first-order valence-electron chi connectivity index (χ1n) is 5.42. The van der Waals surface area contributed by atoms with E-state index >= 15 is 0 Å². The van der Waals surface area contributed by atoms with Crippen molar-refractivity contribution in [2.24, 2.45) is 0 Å². The molecule has 7 nitrogen and oxygen atoms in total. The van der Waals surface area contributed by atoms with Crippen LogP contribution in [0.2, 0.25) is 0 Å². The predicted octanol–water partition coefficient (Wildman–Crippen LogP) is -0.747. The minimum absolute atomic E-state index is 0.131. The molecule has 1 saturated heterocycles. The molecule has 0 bridgehead atoms. The lowest BCUT2D eigenvalue weighted by molar-refractivity contribution is -0.129. The predicted molar refractivity (Wildman–Crippen MR) is 65.6 cm³/mol. The molecule has 3 N–H and O–H groups in total. The van der Waals surface area contributed by atoms with Crippen LogP contribution in [0.4, 0.5) is 5.95 Å². The maximum absolute atomic E-state index is 11.9. The van der Waals surface area contributed by atoms with Crippen molar-refractivity contribution in [2.45, 2.75) is 5.16 Å². The highest BCUT2D eigenvalue weighted by molar-refractivity contribution is 7.99. The van der Waals surface area contributed by atoms with Crippen molar-refractivity contribution < 1.29 is 4.79 Å². The van der Waals surface area contributed by atoms with Crippen LogP contribution in [0.5, 0.6) is 0 Å². The second-order valence-electron chi connectivity index (χ2n) is 3.98. The Morgan fingerprint density at radius 1 is 1.47 bits per heavy atom. The minimum atomic E-state index is 0.131. The summed E-state index contributed by atoms with van der Waals surface area (Å²) < 4.78 is 0. The molecule has 0 unspecified atom stereocenters. The number of rotatable bonds is 3. The molecule has 1 amide bonds. The number of piperazine rings is 1. The van der Waals surface area contributed by atoms with Gasteiger partial charge in [-0.25, -0.2) is 5.10 Å². The molecule has 0 aliphatic carbocycles. The van der Waals surface area contributed by atoms with Gasteiger partial charge in [0.05, 0.1) is 5.75 Å². The minimum Gasteiger partial charge on any atom is -0.368 e. The van der Waals surface area contributed by atoms with Gasteiger partial charge in [-0.15, -0.1) is 5.10 Å². The standard InChI is InChI=1S/C9H16N6OS/c1-14-2-4-15(5-3-14)7(16)6-17-9-11-8(10)12-13-9/h2-6H2,1H3,(H3,10,11,12,13). The van der Waals surface area contributed by atoms with E-state index in [2.05, 4.69) is 27.1 Å². The SMILES string of the molecule is CN1CCN(C(=O)CSc2n[nH]c(N)n2)CC1. The van der Waals surface area contributed by atoms with E-state index in [1.54, 1.807) is 0 Å². The van der Waals surface area contributed by atoms with Crippen molar-refractivity contribution in [3.8, 4) is 0 Å².